The Labute approximate surface area is 117 Å². The number of hydrogen-bond donors (Lipinski definition) is 1. The molecule has 9 heteroatoms. The van der Waals surface area contributed by atoms with Gasteiger partial charge >= 0.3 is 13.6 Å². The van der Waals surface area contributed by atoms with Crippen LogP contribution in [0.3, 0.4) is 0 Å². The van der Waals surface area contributed by atoms with Crippen LogP contribution in [-0.4, -0.2) is 36.8 Å². The summed E-state index contributed by atoms with van der Waals surface area (Å²) >= 11 is 0. The second-order valence-electron chi connectivity index (χ2n) is 3.87. The Morgan fingerprint density at radius 3 is 2.40 bits per heavy atom. The average Bonchev–Trinajstić information content (AvgIpc) is 2.85. The number of ether oxygens (including phenoxy) is 1. The molecule has 112 valence electrons. The monoisotopic (exact) mass is 303 g/mol. The van der Waals surface area contributed by atoms with Crippen LogP contribution in [-0.2, 0) is 23.1 Å². The third-order valence-corrected chi connectivity index (χ3v) is 5.18. The van der Waals surface area contributed by atoms with E-state index in [9.17, 15) is 9.36 Å². The summed E-state index contributed by atoms with van der Waals surface area (Å²) < 4.78 is 28.3. The van der Waals surface area contributed by atoms with E-state index in [0.717, 1.165) is 0 Å². The predicted molar refractivity (Wildman–Crippen MR) is 71.0 cm³/mol. The Bertz CT molecular complexity index is 477. The van der Waals surface area contributed by atoms with Crippen LogP contribution >= 0.6 is 7.60 Å². The fourth-order valence-corrected chi connectivity index (χ4v) is 3.78. The molecule has 0 saturated carbocycles. The zero-order valence-corrected chi connectivity index (χ0v) is 12.6. The third-order valence-electron chi connectivity index (χ3n) is 2.61. The van der Waals surface area contributed by atoms with Crippen molar-refractivity contribution >= 4 is 19.3 Å². The van der Waals surface area contributed by atoms with E-state index in [4.69, 9.17) is 19.0 Å². The van der Waals surface area contributed by atoms with E-state index >= 15 is 0 Å². The summed E-state index contributed by atoms with van der Waals surface area (Å²) in [5.41, 5.74) is 2.48. The van der Waals surface area contributed by atoms with Gasteiger partial charge in [-0.2, -0.15) is 10.4 Å². The minimum Gasteiger partial charge on any atom is -0.464 e. The molecule has 1 unspecified atom stereocenters. The van der Waals surface area contributed by atoms with Gasteiger partial charge in [-0.1, -0.05) is 0 Å². The van der Waals surface area contributed by atoms with Crippen molar-refractivity contribution in [2.75, 3.05) is 19.8 Å². The molecular formula is C11H18N3O5P. The standard InChI is InChI=1S/C11H18N3O5P/c1-4-17-10(15)11(7-9(8-12)13-14-11)20(16,18-5-2)19-6-3/h14H,4-7H2,1-3H3. The van der Waals surface area contributed by atoms with E-state index in [1.54, 1.807) is 20.8 Å². The molecule has 20 heavy (non-hydrogen) atoms. The number of rotatable bonds is 7. The molecule has 0 amide bonds. The van der Waals surface area contributed by atoms with Gasteiger partial charge in [0.1, 0.15) is 11.8 Å². The van der Waals surface area contributed by atoms with Crippen molar-refractivity contribution < 1.29 is 23.1 Å². The highest BCUT2D eigenvalue weighted by Gasteiger charge is 2.61. The second-order valence-corrected chi connectivity index (χ2v) is 6.15. The van der Waals surface area contributed by atoms with Gasteiger partial charge in [0.2, 0.25) is 0 Å². The third kappa shape index (κ3) is 2.85. The van der Waals surface area contributed by atoms with Gasteiger partial charge in [-0.05, 0) is 20.8 Å². The Kier molecular flexibility index (Phi) is 5.69. The maximum absolute atomic E-state index is 12.9. The van der Waals surface area contributed by atoms with Crippen LogP contribution in [0, 0.1) is 11.3 Å². The minimum atomic E-state index is -3.89. The summed E-state index contributed by atoms with van der Waals surface area (Å²) in [6.45, 7) is 5.16. The van der Waals surface area contributed by atoms with Gasteiger partial charge in [0.15, 0.2) is 0 Å². The van der Waals surface area contributed by atoms with Gasteiger partial charge in [0.25, 0.3) is 5.28 Å². The van der Waals surface area contributed by atoms with E-state index < -0.39 is 18.8 Å². The van der Waals surface area contributed by atoms with Crippen molar-refractivity contribution in [2.24, 2.45) is 5.10 Å². The fraction of sp³-hybridized carbons (Fsp3) is 0.727. The maximum Gasteiger partial charge on any atom is 0.369 e. The van der Waals surface area contributed by atoms with E-state index in [2.05, 4.69) is 10.5 Å². The number of hydrazone groups is 1. The van der Waals surface area contributed by atoms with Gasteiger partial charge in [-0.25, -0.2) is 4.79 Å². The Morgan fingerprint density at radius 1 is 1.40 bits per heavy atom. The lowest BCUT2D eigenvalue weighted by Crippen LogP contribution is -2.49. The molecule has 1 atom stereocenters. The molecule has 1 rings (SSSR count). The molecule has 8 nitrogen and oxygen atoms in total. The van der Waals surface area contributed by atoms with Gasteiger partial charge in [0, 0.05) is 6.42 Å². The number of hydrogen-bond acceptors (Lipinski definition) is 8. The largest absolute Gasteiger partial charge is 0.464 e. The molecule has 0 fully saturated rings. The van der Waals surface area contributed by atoms with Gasteiger partial charge in [-0.3, -0.25) is 9.99 Å². The summed E-state index contributed by atoms with van der Waals surface area (Å²) in [5, 5.41) is 10.8. The Morgan fingerprint density at radius 2 is 2.00 bits per heavy atom. The van der Waals surface area contributed by atoms with Crippen molar-refractivity contribution in [1.82, 2.24) is 5.43 Å². The van der Waals surface area contributed by atoms with E-state index in [0.29, 0.717) is 0 Å². The molecule has 0 radical (unpaired) electrons. The summed E-state index contributed by atoms with van der Waals surface area (Å²) in [6, 6.07) is 1.82. The number of nitrogens with zero attached hydrogens (tertiary/aromatic N) is 2. The lowest BCUT2D eigenvalue weighted by molar-refractivity contribution is -0.147. The number of nitriles is 1. The molecule has 1 N–H and O–H groups in total. The maximum atomic E-state index is 12.9. The lowest BCUT2D eigenvalue weighted by atomic mass is 10.1. The van der Waals surface area contributed by atoms with Crippen LogP contribution in [0.1, 0.15) is 27.2 Å². The van der Waals surface area contributed by atoms with E-state index in [1.165, 1.54) is 0 Å². The lowest BCUT2D eigenvalue weighted by Gasteiger charge is -2.32. The molecule has 1 aliphatic rings. The van der Waals surface area contributed by atoms with E-state index in [-0.39, 0.29) is 32.0 Å². The van der Waals surface area contributed by atoms with Gasteiger partial charge < -0.3 is 13.8 Å². The number of carbonyl (C=O) groups is 1. The fourth-order valence-electron chi connectivity index (χ4n) is 1.78. The minimum absolute atomic E-state index is 0.0395. The smallest absolute Gasteiger partial charge is 0.369 e. The first-order valence-electron chi connectivity index (χ1n) is 6.29. The topological polar surface area (TPSA) is 110 Å². The molecule has 1 aliphatic heterocycles. The molecule has 1 heterocycles. The predicted octanol–water partition coefficient (Wildman–Crippen LogP) is 1.38. The van der Waals surface area contributed by atoms with Crippen LogP contribution in [0.25, 0.3) is 0 Å². The molecule has 0 saturated heterocycles. The van der Waals surface area contributed by atoms with Crippen LogP contribution in [0.4, 0.5) is 0 Å². The van der Waals surface area contributed by atoms with Crippen molar-refractivity contribution in [2.45, 2.75) is 32.5 Å². The molecule has 0 spiro atoms. The summed E-state index contributed by atoms with van der Waals surface area (Å²) in [6.07, 6.45) is -0.195. The van der Waals surface area contributed by atoms with Crippen molar-refractivity contribution in [3.8, 4) is 6.07 Å². The van der Waals surface area contributed by atoms with Crippen molar-refractivity contribution in [3.63, 3.8) is 0 Å². The summed E-state index contributed by atoms with van der Waals surface area (Å²) in [4.78, 5) is 12.2. The number of nitrogens with one attached hydrogen (secondary N) is 1. The molecule has 0 aromatic heterocycles. The van der Waals surface area contributed by atoms with Crippen LogP contribution in [0.5, 0.6) is 0 Å². The van der Waals surface area contributed by atoms with Gasteiger partial charge in [-0.15, -0.1) is 0 Å². The van der Waals surface area contributed by atoms with Crippen LogP contribution < -0.4 is 5.43 Å². The Hall–Kier alpha value is -1.42. The highest BCUT2D eigenvalue weighted by atomic mass is 31.2. The molecule has 0 aromatic carbocycles. The molecule has 0 aromatic rings. The summed E-state index contributed by atoms with van der Waals surface area (Å²) in [7, 11) is -3.89. The Balaban J connectivity index is 3.21. The zero-order chi connectivity index (χ0) is 15.2. The molecular weight excluding hydrogens is 285 g/mol. The second kappa shape index (κ2) is 6.84. The highest BCUT2D eigenvalue weighted by Crippen LogP contribution is 2.61. The molecule has 0 aliphatic carbocycles. The van der Waals surface area contributed by atoms with Crippen LogP contribution in [0.2, 0.25) is 0 Å². The molecule has 0 bridgehead atoms. The number of carbonyl (C=O) groups excluding carboxylic acids is 1. The number of esters is 1. The normalized spacial score (nSPS) is 21.8. The average molecular weight is 303 g/mol. The quantitative estimate of drug-likeness (QED) is 0.558. The zero-order valence-electron chi connectivity index (χ0n) is 11.7. The highest BCUT2D eigenvalue weighted by molar-refractivity contribution is 7.56. The first-order valence-corrected chi connectivity index (χ1v) is 7.84. The first-order chi connectivity index (χ1) is 9.49. The van der Waals surface area contributed by atoms with Crippen LogP contribution in [0.15, 0.2) is 5.10 Å². The van der Waals surface area contributed by atoms with Gasteiger partial charge in [0.05, 0.1) is 19.8 Å². The van der Waals surface area contributed by atoms with Crippen molar-refractivity contribution in [1.29, 1.82) is 5.26 Å². The van der Waals surface area contributed by atoms with Crippen molar-refractivity contribution in [3.05, 3.63) is 0 Å². The first kappa shape index (κ1) is 16.6. The summed E-state index contributed by atoms with van der Waals surface area (Å²) in [5.74, 6) is -0.806. The SMILES string of the molecule is CCOC(=O)C1(P(=O)(OCC)OCC)CC(C#N)=NN1. The van der Waals surface area contributed by atoms with E-state index in [1.807, 2.05) is 6.07 Å².